The van der Waals surface area contributed by atoms with Crippen LogP contribution in [0.4, 0.5) is 0 Å². The minimum Gasteiger partial charge on any atom is 0 e. The van der Waals surface area contributed by atoms with Gasteiger partial charge in [-0.25, -0.2) is 0 Å². The molecule has 0 spiro atoms. The van der Waals surface area contributed by atoms with Gasteiger partial charge in [0.2, 0.25) is 0 Å². The maximum Gasteiger partial charge on any atom is 2.00 e. The maximum atomic E-state index is 11.0. The topological polar surface area (TPSA) is 158 Å². The van der Waals surface area contributed by atoms with E-state index in [9.17, 15) is 4.79 Å². The molecule has 14 heteroatoms. The SMILES string of the molecule is CCC[S-].C[C@@H]1ON2C[C@H](O[Si](C)(C)C(C)(C)C)C[C@H]2[C@H]1[C-]=O.[C-]#[O+].[C-]#[O+].[C-]#[O+].[C-]#[O+].[C-]#[O+].[C-]#[O+].[Fe+2].[Fe]. The van der Waals surface area contributed by atoms with E-state index in [1.807, 2.05) is 12.0 Å². The summed E-state index contributed by atoms with van der Waals surface area (Å²) in [5.41, 5.74) is 0. The second-order valence-electron chi connectivity index (χ2n) is 8.06. The molecule has 10 nitrogen and oxygen atoms in total. The Bertz CT molecular complexity index is 587. The minimum absolute atomic E-state index is 0. The molecule has 0 aromatic rings. The van der Waals surface area contributed by atoms with Gasteiger partial charge in [0.25, 0.3) is 0 Å². The summed E-state index contributed by atoms with van der Waals surface area (Å²) in [5, 5.41) is 2.16. The van der Waals surface area contributed by atoms with Gasteiger partial charge in [0.1, 0.15) is 0 Å². The molecule has 0 saturated carbocycles. The van der Waals surface area contributed by atoms with Gasteiger partial charge >= 0.3 is 84.9 Å². The molecular formula is C23H33Fe2NO9SSi. The van der Waals surface area contributed by atoms with Gasteiger partial charge in [0.15, 0.2) is 8.32 Å². The zero-order valence-electron chi connectivity index (χ0n) is 21.9. The molecular weight excluding hydrogens is 606 g/mol. The minimum atomic E-state index is -1.75. The van der Waals surface area contributed by atoms with E-state index in [4.69, 9.17) is 37.2 Å². The van der Waals surface area contributed by atoms with Crippen molar-refractivity contribution in [1.29, 1.82) is 0 Å². The number of rotatable bonds is 4. The summed E-state index contributed by atoms with van der Waals surface area (Å²) >= 11 is 4.55. The Hall–Kier alpha value is -0.404. The molecule has 0 N–H and O–H groups in total. The number of nitrogens with zero attached hydrogens (tertiary/aromatic N) is 1. The predicted octanol–water partition coefficient (Wildman–Crippen LogP) is 3.22. The molecule has 0 aliphatic carbocycles. The van der Waals surface area contributed by atoms with Crippen LogP contribution >= 0.6 is 0 Å². The predicted molar refractivity (Wildman–Crippen MR) is 123 cm³/mol. The Morgan fingerprint density at radius 3 is 1.62 bits per heavy atom. The van der Waals surface area contributed by atoms with Gasteiger partial charge in [-0.3, -0.25) is 11.1 Å². The summed E-state index contributed by atoms with van der Waals surface area (Å²) in [7, 11) is -1.75. The first kappa shape index (κ1) is 56.7. The molecule has 0 aromatic carbocycles. The summed E-state index contributed by atoms with van der Waals surface area (Å²) in [4.78, 5) is 16.8. The number of hydrogen-bond donors (Lipinski definition) is 0. The monoisotopic (exact) mass is 639 g/mol. The second kappa shape index (κ2) is 37.7. The fraction of sp³-hybridized carbons (Fsp3) is 0.696. The first-order valence-corrected chi connectivity index (χ1v) is 13.4. The van der Waals surface area contributed by atoms with Crippen molar-refractivity contribution < 1.29 is 76.1 Å². The third kappa shape index (κ3) is 24.4. The molecule has 2 heterocycles. The van der Waals surface area contributed by atoms with Gasteiger partial charge in [0, 0.05) is 29.7 Å². The van der Waals surface area contributed by atoms with Crippen molar-refractivity contribution in [3.05, 3.63) is 39.9 Å². The van der Waals surface area contributed by atoms with E-state index in [1.54, 1.807) is 0 Å². The van der Waals surface area contributed by atoms with E-state index >= 15 is 0 Å². The Morgan fingerprint density at radius 1 is 1.00 bits per heavy atom. The van der Waals surface area contributed by atoms with Crippen molar-refractivity contribution in [2.45, 2.75) is 83.8 Å². The largest absolute Gasteiger partial charge is 2.00 e. The molecule has 2 aliphatic heterocycles. The number of fused-ring (bicyclic) bond motifs is 1. The van der Waals surface area contributed by atoms with Crippen molar-refractivity contribution in [3.63, 3.8) is 0 Å². The molecule has 4 atom stereocenters. The van der Waals surface area contributed by atoms with Crippen LogP contribution in [0.3, 0.4) is 0 Å². The Labute approximate surface area is 249 Å². The van der Waals surface area contributed by atoms with Crippen molar-refractivity contribution in [2.75, 3.05) is 12.3 Å². The molecule has 2 saturated heterocycles. The van der Waals surface area contributed by atoms with Crippen LogP contribution in [0.15, 0.2) is 0 Å². The van der Waals surface area contributed by atoms with Gasteiger partial charge < -0.3 is 21.8 Å². The molecule has 0 radical (unpaired) electrons. The molecule has 0 bridgehead atoms. The van der Waals surface area contributed by atoms with Gasteiger partial charge in [-0.05, 0) is 31.5 Å². The molecule has 2 fully saturated rings. The molecule has 2 aliphatic rings. The first-order chi connectivity index (χ1) is 16.6. The third-order valence-electron chi connectivity index (χ3n) is 5.09. The zero-order valence-corrected chi connectivity index (χ0v) is 25.9. The van der Waals surface area contributed by atoms with Gasteiger partial charge in [-0.2, -0.15) is 10.8 Å². The quantitative estimate of drug-likeness (QED) is 0.200. The fourth-order valence-electron chi connectivity index (χ4n) is 2.69. The smallest absolute Gasteiger partial charge is 0 e. The summed E-state index contributed by atoms with van der Waals surface area (Å²) in [6.07, 6.45) is 4.30. The summed E-state index contributed by atoms with van der Waals surface area (Å²) in [6, 6.07) is 0.155. The second-order valence-corrected chi connectivity index (χ2v) is 13.2. The van der Waals surface area contributed by atoms with Crippen molar-refractivity contribution in [1.82, 2.24) is 5.06 Å². The van der Waals surface area contributed by atoms with Gasteiger partial charge in [0.05, 0.1) is 12.2 Å². The van der Waals surface area contributed by atoms with E-state index in [0.29, 0.717) is 0 Å². The van der Waals surface area contributed by atoms with Crippen LogP contribution in [0.5, 0.6) is 0 Å². The van der Waals surface area contributed by atoms with E-state index < -0.39 is 8.32 Å². The Balaban J connectivity index is -0.0000000664. The fourth-order valence-corrected chi connectivity index (χ4v) is 4.05. The average Bonchev–Trinajstić information content (AvgIpc) is 3.40. The maximum absolute atomic E-state index is 11.0. The Morgan fingerprint density at radius 2 is 1.35 bits per heavy atom. The van der Waals surface area contributed by atoms with Crippen LogP contribution in [0.25, 0.3) is 0 Å². The van der Waals surface area contributed by atoms with Crippen molar-refractivity contribution in [3.8, 4) is 0 Å². The van der Waals surface area contributed by atoms with Crippen LogP contribution in [-0.4, -0.2) is 50.2 Å². The summed E-state index contributed by atoms with van der Waals surface area (Å²) < 4.78 is 51.4. The zero-order chi connectivity index (χ0) is 29.8. The normalized spacial score (nSPS) is 19.9. The molecule has 210 valence electrons. The number of hydroxylamine groups is 2. The van der Waals surface area contributed by atoms with Crippen molar-refractivity contribution >= 4 is 27.2 Å². The number of hydrogen-bond acceptors (Lipinski definition) is 5. The molecule has 2 rings (SSSR count). The summed E-state index contributed by atoms with van der Waals surface area (Å²) in [5.74, 6) is 0.771. The van der Waals surface area contributed by atoms with Crippen LogP contribution in [0, 0.1) is 45.8 Å². The molecule has 0 amide bonds. The molecule has 0 aromatic heterocycles. The third-order valence-corrected chi connectivity index (χ3v) is 10.0. The van der Waals surface area contributed by atoms with E-state index in [-0.39, 0.29) is 63.3 Å². The van der Waals surface area contributed by atoms with E-state index in [0.717, 1.165) is 25.1 Å². The van der Waals surface area contributed by atoms with Crippen LogP contribution in [0.2, 0.25) is 18.1 Å². The molecule has 0 unspecified atom stereocenters. The van der Waals surface area contributed by atoms with Crippen molar-refractivity contribution in [2.24, 2.45) is 5.92 Å². The van der Waals surface area contributed by atoms with Crippen LogP contribution in [0.1, 0.15) is 47.5 Å². The number of carbonyl (C=O) groups excluding carboxylic acids is 1. The summed E-state index contributed by atoms with van der Waals surface area (Å²) in [6.45, 7) is 43.1. The van der Waals surface area contributed by atoms with E-state index in [1.165, 1.54) is 0 Å². The Kier molecular flexibility index (Phi) is 57.8. The van der Waals surface area contributed by atoms with Gasteiger partial charge in [-0.15, -0.1) is 0 Å². The van der Waals surface area contributed by atoms with Crippen LogP contribution < -0.4 is 0 Å². The first-order valence-electron chi connectivity index (χ1n) is 9.86. The average molecular weight is 639 g/mol. The standard InChI is InChI=1S/C14H26NO3Si.C3H8S.6CO.2Fe/c1-10-12(9-16)13-7-11(8-15(13)17-10)18-19(5,6)14(2,3)4;1-2-3-4;6*1-2;;/h10-13H,7-8H2,1-6H3;4H,2-3H2,1H3;;;;;;;;/q-1;;;;;;;;;+2/p-1/t10-,11+,12-,13-;;;;;;;;;/m0........./s1. The van der Waals surface area contributed by atoms with E-state index in [2.05, 4.69) is 99.6 Å². The van der Waals surface area contributed by atoms with Gasteiger partial charge in [-0.1, -0.05) is 40.0 Å². The molecule has 37 heavy (non-hydrogen) atoms. The van der Waals surface area contributed by atoms with Crippen LogP contribution in [-0.2, 0) is 88.7 Å².